The first-order valence-corrected chi connectivity index (χ1v) is 6.04. The third-order valence-electron chi connectivity index (χ3n) is 2.56. The van der Waals surface area contributed by atoms with Gasteiger partial charge in [0, 0.05) is 18.5 Å². The third-order valence-corrected chi connectivity index (χ3v) is 2.56. The maximum absolute atomic E-state index is 11.6. The summed E-state index contributed by atoms with van der Waals surface area (Å²) in [5.74, 6) is 1.91. The Morgan fingerprint density at radius 3 is 2.56 bits per heavy atom. The second kappa shape index (κ2) is 6.89. The fraction of sp³-hybridized carbons (Fsp3) is 0.500. The normalized spacial score (nSPS) is 10.3. The van der Waals surface area contributed by atoms with Crippen LogP contribution in [0.3, 0.4) is 0 Å². The molecule has 0 saturated carbocycles. The Morgan fingerprint density at radius 2 is 2.00 bits per heavy atom. The molecule has 0 aliphatic heterocycles. The van der Waals surface area contributed by atoms with E-state index >= 15 is 0 Å². The fourth-order valence-electron chi connectivity index (χ4n) is 1.66. The number of hydrogen-bond donors (Lipinski definition) is 1. The molecule has 0 aromatic heterocycles. The number of benzene rings is 1. The average molecular weight is 251 g/mol. The summed E-state index contributed by atoms with van der Waals surface area (Å²) in [5.41, 5.74) is 0.911. The highest BCUT2D eigenvalue weighted by Gasteiger charge is 2.08. The summed E-state index contributed by atoms with van der Waals surface area (Å²) in [6.07, 6.45) is 0.534. The Labute approximate surface area is 108 Å². The van der Waals surface area contributed by atoms with E-state index in [9.17, 15) is 4.79 Å². The maximum atomic E-state index is 11.6. The monoisotopic (exact) mass is 251 g/mol. The smallest absolute Gasteiger partial charge is 0.220 e. The number of ether oxygens (including phenoxy) is 2. The van der Waals surface area contributed by atoms with E-state index in [0.29, 0.717) is 18.9 Å². The highest BCUT2D eigenvalue weighted by atomic mass is 16.5. The molecule has 18 heavy (non-hydrogen) atoms. The Hall–Kier alpha value is -1.71. The zero-order chi connectivity index (χ0) is 13.5. The minimum atomic E-state index is 0.0508. The number of hydrogen-bond acceptors (Lipinski definition) is 3. The van der Waals surface area contributed by atoms with Gasteiger partial charge in [0.25, 0.3) is 0 Å². The van der Waals surface area contributed by atoms with Gasteiger partial charge in [0.2, 0.25) is 5.91 Å². The van der Waals surface area contributed by atoms with Crippen molar-refractivity contribution in [2.24, 2.45) is 5.92 Å². The molecule has 0 aliphatic carbocycles. The lowest BCUT2D eigenvalue weighted by Crippen LogP contribution is -2.24. The largest absolute Gasteiger partial charge is 0.497 e. The summed E-state index contributed by atoms with van der Waals surface area (Å²) in [4.78, 5) is 11.6. The second-order valence-corrected chi connectivity index (χ2v) is 4.55. The third kappa shape index (κ3) is 4.28. The lowest BCUT2D eigenvalue weighted by atomic mass is 10.1. The van der Waals surface area contributed by atoms with Gasteiger partial charge in [-0.25, -0.2) is 0 Å². The van der Waals surface area contributed by atoms with Crippen LogP contribution >= 0.6 is 0 Å². The van der Waals surface area contributed by atoms with E-state index in [2.05, 4.69) is 5.32 Å². The van der Waals surface area contributed by atoms with Crippen LogP contribution in [0.4, 0.5) is 0 Å². The molecule has 0 spiro atoms. The van der Waals surface area contributed by atoms with Gasteiger partial charge in [-0.15, -0.1) is 0 Å². The Balaban J connectivity index is 2.67. The van der Waals surface area contributed by atoms with Crippen molar-refractivity contribution in [1.82, 2.24) is 5.32 Å². The number of nitrogens with one attached hydrogen (secondary N) is 1. The molecule has 0 fully saturated rings. The van der Waals surface area contributed by atoms with E-state index in [1.807, 2.05) is 32.0 Å². The van der Waals surface area contributed by atoms with E-state index in [1.54, 1.807) is 14.2 Å². The van der Waals surface area contributed by atoms with Crippen LogP contribution < -0.4 is 14.8 Å². The van der Waals surface area contributed by atoms with Crippen LogP contribution in [0.5, 0.6) is 11.5 Å². The topological polar surface area (TPSA) is 47.6 Å². The van der Waals surface area contributed by atoms with Crippen molar-refractivity contribution in [1.29, 1.82) is 0 Å². The Kier molecular flexibility index (Phi) is 5.49. The quantitative estimate of drug-likeness (QED) is 0.844. The Bertz CT molecular complexity index is 402. The SMILES string of the molecule is COc1ccc(OC)c(CNC(=O)CC(C)C)c1. The van der Waals surface area contributed by atoms with Crippen LogP contribution in [-0.2, 0) is 11.3 Å². The molecule has 0 aliphatic rings. The van der Waals surface area contributed by atoms with Crippen LogP contribution in [0, 0.1) is 5.92 Å². The highest BCUT2D eigenvalue weighted by molar-refractivity contribution is 5.76. The Morgan fingerprint density at radius 1 is 1.28 bits per heavy atom. The molecule has 4 nitrogen and oxygen atoms in total. The van der Waals surface area contributed by atoms with Crippen molar-refractivity contribution in [2.75, 3.05) is 14.2 Å². The molecular formula is C14H21NO3. The zero-order valence-electron chi connectivity index (χ0n) is 11.4. The van der Waals surface area contributed by atoms with Gasteiger partial charge in [-0.3, -0.25) is 4.79 Å². The zero-order valence-corrected chi connectivity index (χ0v) is 11.4. The van der Waals surface area contributed by atoms with E-state index in [0.717, 1.165) is 17.1 Å². The van der Waals surface area contributed by atoms with Gasteiger partial charge in [0.1, 0.15) is 11.5 Å². The van der Waals surface area contributed by atoms with Crippen LogP contribution in [-0.4, -0.2) is 20.1 Å². The molecule has 0 atom stereocenters. The van der Waals surface area contributed by atoms with Gasteiger partial charge in [0.15, 0.2) is 0 Å². The molecule has 0 bridgehead atoms. The van der Waals surface area contributed by atoms with Crippen LogP contribution in [0.15, 0.2) is 18.2 Å². The van der Waals surface area contributed by atoms with E-state index in [-0.39, 0.29) is 5.91 Å². The molecule has 1 amide bonds. The molecule has 0 radical (unpaired) electrons. The van der Waals surface area contributed by atoms with Gasteiger partial charge >= 0.3 is 0 Å². The summed E-state index contributed by atoms with van der Waals surface area (Å²) in [6, 6.07) is 5.54. The van der Waals surface area contributed by atoms with Gasteiger partial charge in [-0.2, -0.15) is 0 Å². The summed E-state index contributed by atoms with van der Waals surface area (Å²) < 4.78 is 10.4. The summed E-state index contributed by atoms with van der Waals surface area (Å²) in [6.45, 7) is 4.49. The molecule has 0 heterocycles. The minimum Gasteiger partial charge on any atom is -0.497 e. The molecule has 1 rings (SSSR count). The van der Waals surface area contributed by atoms with Crippen molar-refractivity contribution in [3.63, 3.8) is 0 Å². The lowest BCUT2D eigenvalue weighted by Gasteiger charge is -2.12. The average Bonchev–Trinajstić information content (AvgIpc) is 2.35. The minimum absolute atomic E-state index is 0.0508. The maximum Gasteiger partial charge on any atom is 0.220 e. The van der Waals surface area contributed by atoms with Crippen molar-refractivity contribution < 1.29 is 14.3 Å². The fourth-order valence-corrected chi connectivity index (χ4v) is 1.66. The standard InChI is InChI=1S/C14H21NO3/c1-10(2)7-14(16)15-9-11-8-12(17-3)5-6-13(11)18-4/h5-6,8,10H,7,9H2,1-4H3,(H,15,16). The van der Waals surface area contributed by atoms with Gasteiger partial charge in [-0.1, -0.05) is 13.8 Å². The first kappa shape index (κ1) is 14.4. The van der Waals surface area contributed by atoms with Crippen LogP contribution in [0.2, 0.25) is 0 Å². The first-order valence-electron chi connectivity index (χ1n) is 6.04. The predicted octanol–water partition coefficient (Wildman–Crippen LogP) is 2.37. The van der Waals surface area contributed by atoms with E-state index in [1.165, 1.54) is 0 Å². The molecule has 0 saturated heterocycles. The molecule has 4 heteroatoms. The van der Waals surface area contributed by atoms with Crippen molar-refractivity contribution in [3.05, 3.63) is 23.8 Å². The molecular weight excluding hydrogens is 230 g/mol. The summed E-state index contributed by atoms with van der Waals surface area (Å²) in [5, 5.41) is 2.88. The number of amides is 1. The lowest BCUT2D eigenvalue weighted by molar-refractivity contribution is -0.121. The van der Waals surface area contributed by atoms with Gasteiger partial charge < -0.3 is 14.8 Å². The van der Waals surface area contributed by atoms with Crippen LogP contribution in [0.1, 0.15) is 25.8 Å². The molecule has 100 valence electrons. The van der Waals surface area contributed by atoms with Crippen molar-refractivity contribution in [2.45, 2.75) is 26.8 Å². The number of carbonyl (C=O) groups excluding carboxylic acids is 1. The first-order chi connectivity index (χ1) is 8.56. The highest BCUT2D eigenvalue weighted by Crippen LogP contribution is 2.23. The molecule has 1 N–H and O–H groups in total. The van der Waals surface area contributed by atoms with E-state index < -0.39 is 0 Å². The number of rotatable bonds is 6. The molecule has 1 aromatic rings. The van der Waals surface area contributed by atoms with Crippen molar-refractivity contribution in [3.8, 4) is 11.5 Å². The van der Waals surface area contributed by atoms with Gasteiger partial charge in [0.05, 0.1) is 14.2 Å². The van der Waals surface area contributed by atoms with E-state index in [4.69, 9.17) is 9.47 Å². The van der Waals surface area contributed by atoms with Crippen molar-refractivity contribution >= 4 is 5.91 Å². The van der Waals surface area contributed by atoms with Gasteiger partial charge in [-0.05, 0) is 24.1 Å². The number of methoxy groups -OCH3 is 2. The number of carbonyl (C=O) groups is 1. The van der Waals surface area contributed by atoms with Crippen LogP contribution in [0.25, 0.3) is 0 Å². The predicted molar refractivity (Wildman–Crippen MR) is 70.8 cm³/mol. The summed E-state index contributed by atoms with van der Waals surface area (Å²) in [7, 11) is 3.23. The molecule has 0 unspecified atom stereocenters. The molecule has 1 aromatic carbocycles. The second-order valence-electron chi connectivity index (χ2n) is 4.55. The summed E-state index contributed by atoms with van der Waals surface area (Å²) >= 11 is 0.